The average Bonchev–Trinajstić information content (AvgIpc) is 3.33. The van der Waals surface area contributed by atoms with E-state index in [0.717, 1.165) is 41.9 Å². The molecule has 0 saturated carbocycles. The molecule has 0 radical (unpaired) electrons. The molecule has 0 bridgehead atoms. The number of aromatic amines is 1. The largest absolute Gasteiger partial charge is 0.337 e. The lowest BCUT2D eigenvalue weighted by molar-refractivity contribution is 0.0770. The maximum atomic E-state index is 12.8. The summed E-state index contributed by atoms with van der Waals surface area (Å²) in [6, 6.07) is 14.9. The summed E-state index contributed by atoms with van der Waals surface area (Å²) < 4.78 is 25.1. The van der Waals surface area contributed by atoms with E-state index in [4.69, 9.17) is 5.73 Å². The molecule has 11 heteroatoms. The summed E-state index contributed by atoms with van der Waals surface area (Å²) in [6.07, 6.45) is 4.54. The van der Waals surface area contributed by atoms with E-state index in [0.29, 0.717) is 23.4 Å². The van der Waals surface area contributed by atoms with Crippen molar-refractivity contribution in [1.82, 2.24) is 24.6 Å². The molecule has 0 unspecified atom stereocenters. The zero-order valence-electron chi connectivity index (χ0n) is 20.9. The fourth-order valence-electron chi connectivity index (χ4n) is 4.45. The van der Waals surface area contributed by atoms with Gasteiger partial charge in [0.1, 0.15) is 0 Å². The molecule has 0 atom stereocenters. The maximum absolute atomic E-state index is 12.8. The first kappa shape index (κ1) is 25.8. The Kier molecular flexibility index (Phi) is 7.41. The molecule has 2 aromatic heterocycles. The molecule has 2 aromatic carbocycles. The van der Waals surface area contributed by atoms with Crippen molar-refractivity contribution in [3.8, 4) is 22.4 Å². The number of benzene rings is 2. The highest BCUT2D eigenvalue weighted by molar-refractivity contribution is 7.91. The molecule has 5 rings (SSSR count). The van der Waals surface area contributed by atoms with Crippen LogP contribution in [0.4, 0.5) is 0 Å². The monoisotopic (exact) mass is 534 g/mol. The second kappa shape index (κ2) is 10.9. The van der Waals surface area contributed by atoms with Crippen molar-refractivity contribution in [3.63, 3.8) is 0 Å². The molecule has 1 aliphatic heterocycles. The quantitative estimate of drug-likeness (QED) is 0.292. The van der Waals surface area contributed by atoms with Crippen LogP contribution in [0, 0.1) is 0 Å². The van der Waals surface area contributed by atoms with Gasteiger partial charge in [0.15, 0.2) is 9.84 Å². The molecule has 0 aliphatic carbocycles. The number of aromatic nitrogens is 3. The fourth-order valence-corrected chi connectivity index (χ4v) is 5.65. The molecule has 4 aromatic rings. The Bertz CT molecular complexity index is 1590. The van der Waals surface area contributed by atoms with Crippen LogP contribution in [-0.4, -0.2) is 71.3 Å². The number of nitrogens with one attached hydrogen (secondary N) is 2. The number of amides is 1. The summed E-state index contributed by atoms with van der Waals surface area (Å²) in [7, 11) is -3.05. The Morgan fingerprint density at radius 2 is 1.68 bits per heavy atom. The van der Waals surface area contributed by atoms with E-state index < -0.39 is 9.84 Å². The minimum Gasteiger partial charge on any atom is -0.337 e. The summed E-state index contributed by atoms with van der Waals surface area (Å²) in [5.41, 5.74) is 9.68. The Labute approximate surface area is 220 Å². The van der Waals surface area contributed by atoms with Crippen LogP contribution in [0.5, 0.6) is 0 Å². The zero-order chi connectivity index (χ0) is 26.7. The van der Waals surface area contributed by atoms with Crippen LogP contribution in [-0.2, 0) is 16.4 Å². The maximum Gasteiger partial charge on any atom is 0.282 e. The van der Waals surface area contributed by atoms with Gasteiger partial charge in [0.25, 0.3) is 11.5 Å². The van der Waals surface area contributed by atoms with Gasteiger partial charge in [-0.15, -0.1) is 0 Å². The van der Waals surface area contributed by atoms with Crippen LogP contribution >= 0.6 is 0 Å². The third-order valence-corrected chi connectivity index (χ3v) is 8.30. The van der Waals surface area contributed by atoms with E-state index in [2.05, 4.69) is 15.3 Å². The van der Waals surface area contributed by atoms with Crippen LogP contribution in [0.2, 0.25) is 0 Å². The number of imidazole rings is 1. The van der Waals surface area contributed by atoms with Crippen LogP contribution < -0.4 is 16.6 Å². The number of H-pyrrole nitrogens is 1. The van der Waals surface area contributed by atoms with Gasteiger partial charge in [-0.3, -0.25) is 14.0 Å². The second-order valence-corrected chi connectivity index (χ2v) is 11.7. The van der Waals surface area contributed by atoms with Crippen molar-refractivity contribution >= 4 is 21.5 Å². The van der Waals surface area contributed by atoms with Gasteiger partial charge in [-0.05, 0) is 48.3 Å². The van der Waals surface area contributed by atoms with E-state index in [-0.39, 0.29) is 36.1 Å². The smallest absolute Gasteiger partial charge is 0.282 e. The summed E-state index contributed by atoms with van der Waals surface area (Å²) in [6.45, 7) is 2.68. The zero-order valence-corrected chi connectivity index (χ0v) is 21.7. The summed E-state index contributed by atoms with van der Waals surface area (Å²) in [5.74, 6) is 0.230. The lowest BCUT2D eigenvalue weighted by Crippen LogP contribution is -2.43. The highest BCUT2D eigenvalue weighted by atomic mass is 32.2. The number of nitrogens with zero attached hydrogens (tertiary/aromatic N) is 3. The third-order valence-electron chi connectivity index (χ3n) is 6.69. The van der Waals surface area contributed by atoms with Crippen LogP contribution in [0.15, 0.2) is 65.7 Å². The van der Waals surface area contributed by atoms with E-state index in [1.165, 1.54) is 0 Å². The molecule has 4 N–H and O–H groups in total. The highest BCUT2D eigenvalue weighted by Crippen LogP contribution is 2.22. The van der Waals surface area contributed by atoms with Gasteiger partial charge in [0, 0.05) is 37.6 Å². The first-order valence-corrected chi connectivity index (χ1v) is 14.4. The van der Waals surface area contributed by atoms with Gasteiger partial charge in [0.05, 0.1) is 22.8 Å². The first-order valence-electron chi connectivity index (χ1n) is 12.6. The SMILES string of the molecule is NCCCNCc1ccc(-c2cn3cc(-c4ccc(C(=O)N5CCS(=O)(=O)CC5)cc4)[nH]c3nc2=O)cc1. The standard InChI is InChI=1S/C27H30N6O4S/c28-10-1-11-29-16-19-2-4-20(5-3-19)23-17-33-18-24(30-27(33)31-25(23)34)21-6-8-22(9-7-21)26(35)32-12-14-38(36,37)15-13-32/h2-9,17-18,29H,1,10-16,28H2,(H,30,31,34). The molecule has 198 valence electrons. The molecular formula is C27H30N6O4S. The van der Waals surface area contributed by atoms with Crippen LogP contribution in [0.3, 0.4) is 0 Å². The predicted molar refractivity (Wildman–Crippen MR) is 147 cm³/mol. The van der Waals surface area contributed by atoms with Gasteiger partial charge < -0.3 is 20.9 Å². The van der Waals surface area contributed by atoms with Crippen molar-refractivity contribution in [2.45, 2.75) is 13.0 Å². The fraction of sp³-hybridized carbons (Fsp3) is 0.296. The van der Waals surface area contributed by atoms with Crippen LogP contribution in [0.25, 0.3) is 28.2 Å². The van der Waals surface area contributed by atoms with E-state index >= 15 is 0 Å². The van der Waals surface area contributed by atoms with Crippen molar-refractivity contribution in [3.05, 3.63) is 82.4 Å². The first-order chi connectivity index (χ1) is 18.3. The van der Waals surface area contributed by atoms with Crippen molar-refractivity contribution in [2.24, 2.45) is 5.73 Å². The van der Waals surface area contributed by atoms with Gasteiger partial charge in [0.2, 0.25) is 5.78 Å². The lowest BCUT2D eigenvalue weighted by atomic mass is 10.1. The molecular weight excluding hydrogens is 504 g/mol. The number of rotatable bonds is 8. The van der Waals surface area contributed by atoms with Crippen molar-refractivity contribution < 1.29 is 13.2 Å². The molecule has 0 spiro atoms. The highest BCUT2D eigenvalue weighted by Gasteiger charge is 2.25. The van der Waals surface area contributed by atoms with Crippen LogP contribution in [0.1, 0.15) is 22.3 Å². The van der Waals surface area contributed by atoms with Gasteiger partial charge in [-0.2, -0.15) is 4.98 Å². The molecule has 1 amide bonds. The lowest BCUT2D eigenvalue weighted by Gasteiger charge is -2.26. The molecule has 10 nitrogen and oxygen atoms in total. The summed E-state index contributed by atoms with van der Waals surface area (Å²) in [5, 5.41) is 3.34. The predicted octanol–water partition coefficient (Wildman–Crippen LogP) is 1.67. The summed E-state index contributed by atoms with van der Waals surface area (Å²) in [4.78, 5) is 34.5. The normalized spacial score (nSPS) is 15.1. The number of carbonyl (C=O) groups excluding carboxylic acids is 1. The molecule has 3 heterocycles. The Balaban J connectivity index is 1.32. The van der Waals surface area contributed by atoms with E-state index in [1.54, 1.807) is 27.6 Å². The minimum atomic E-state index is -3.05. The summed E-state index contributed by atoms with van der Waals surface area (Å²) >= 11 is 0. The number of sulfone groups is 1. The van der Waals surface area contributed by atoms with Gasteiger partial charge >= 0.3 is 0 Å². The number of carbonyl (C=O) groups is 1. The molecule has 1 saturated heterocycles. The van der Waals surface area contributed by atoms with Crippen molar-refractivity contribution in [2.75, 3.05) is 37.7 Å². The number of fused-ring (bicyclic) bond motifs is 1. The Morgan fingerprint density at radius 3 is 2.37 bits per heavy atom. The third kappa shape index (κ3) is 5.69. The minimum absolute atomic E-state index is 0.00358. The van der Waals surface area contributed by atoms with E-state index in [1.807, 2.05) is 42.6 Å². The Hall–Kier alpha value is -3.80. The number of hydrogen-bond acceptors (Lipinski definition) is 7. The second-order valence-electron chi connectivity index (χ2n) is 9.40. The number of hydrogen-bond donors (Lipinski definition) is 3. The molecule has 1 aliphatic rings. The van der Waals surface area contributed by atoms with Crippen molar-refractivity contribution in [1.29, 1.82) is 0 Å². The number of nitrogens with two attached hydrogens (primary N) is 1. The van der Waals surface area contributed by atoms with Gasteiger partial charge in [-0.25, -0.2) is 8.42 Å². The molecule has 1 fully saturated rings. The van der Waals surface area contributed by atoms with E-state index in [9.17, 15) is 18.0 Å². The van der Waals surface area contributed by atoms with Gasteiger partial charge in [-0.1, -0.05) is 36.4 Å². The topological polar surface area (TPSA) is 143 Å². The Morgan fingerprint density at radius 1 is 1.00 bits per heavy atom. The molecule has 38 heavy (non-hydrogen) atoms. The average molecular weight is 535 g/mol.